The van der Waals surface area contributed by atoms with Crippen LogP contribution in [0.4, 0.5) is 4.39 Å². The van der Waals surface area contributed by atoms with Crippen LogP contribution in [0.5, 0.6) is 0 Å². The van der Waals surface area contributed by atoms with Crippen LogP contribution >= 0.6 is 0 Å². The molecule has 0 bridgehead atoms. The topological polar surface area (TPSA) is 58.6 Å². The molecule has 0 spiro atoms. The average molecular weight is 283 g/mol. The van der Waals surface area contributed by atoms with Crippen LogP contribution < -0.4 is 5.32 Å². The molecule has 1 rings (SSSR count). The van der Waals surface area contributed by atoms with Crippen LogP contribution in [0.2, 0.25) is 0 Å². The molecule has 1 unspecified atom stereocenters. The normalized spacial score (nSPS) is 12.5. The maximum atomic E-state index is 13.4. The number of benzene rings is 1. The smallest absolute Gasteiger partial charge is 0.251 e. The molecule has 2 N–H and O–H groups in total. The molecule has 0 aliphatic rings. The lowest BCUT2D eigenvalue weighted by molar-refractivity contribution is 0.0900. The summed E-state index contributed by atoms with van der Waals surface area (Å²) in [7, 11) is 1.47. The number of hydrogen-bond acceptors (Lipinski definition) is 3. The van der Waals surface area contributed by atoms with E-state index in [9.17, 15) is 14.3 Å². The summed E-state index contributed by atoms with van der Waals surface area (Å²) in [5.41, 5.74) is 0.693. The van der Waals surface area contributed by atoms with Gasteiger partial charge in [-0.2, -0.15) is 0 Å². The Morgan fingerprint density at radius 2 is 2.15 bits per heavy atom. The highest BCUT2D eigenvalue weighted by Gasteiger charge is 2.12. The van der Waals surface area contributed by atoms with Crippen molar-refractivity contribution in [1.82, 2.24) is 5.32 Å². The van der Waals surface area contributed by atoms with E-state index in [0.29, 0.717) is 23.5 Å². The average Bonchev–Trinajstić information content (AvgIpc) is 2.38. The standard InChI is InChI=1S/C15H22FNO3/c1-10(2)6-13(18)8-17-15(19)11-4-5-14(16)12(7-11)9-20-3/h4-5,7,10,13,18H,6,8-9H2,1-3H3,(H,17,19). The lowest BCUT2D eigenvalue weighted by Gasteiger charge is -2.14. The van der Waals surface area contributed by atoms with Gasteiger partial charge in [0.2, 0.25) is 0 Å². The fourth-order valence-electron chi connectivity index (χ4n) is 1.92. The first kappa shape index (κ1) is 16.6. The second-order valence-electron chi connectivity index (χ2n) is 5.23. The predicted octanol–water partition coefficient (Wildman–Crippen LogP) is 2.11. The van der Waals surface area contributed by atoms with Crippen molar-refractivity contribution >= 4 is 5.91 Å². The van der Waals surface area contributed by atoms with Crippen LogP contribution in [-0.4, -0.2) is 30.8 Å². The quantitative estimate of drug-likeness (QED) is 0.805. The summed E-state index contributed by atoms with van der Waals surface area (Å²) in [5.74, 6) is -0.366. The third kappa shape index (κ3) is 5.27. The number of hydrogen-bond donors (Lipinski definition) is 2. The molecule has 112 valence electrons. The van der Waals surface area contributed by atoms with Crippen LogP contribution in [0.25, 0.3) is 0 Å². The number of rotatable bonds is 7. The van der Waals surface area contributed by atoms with Gasteiger partial charge < -0.3 is 15.2 Å². The van der Waals surface area contributed by atoms with Crippen molar-refractivity contribution < 1.29 is 19.0 Å². The highest BCUT2D eigenvalue weighted by Crippen LogP contribution is 2.12. The number of aliphatic hydroxyl groups is 1. The van der Waals surface area contributed by atoms with Crippen molar-refractivity contribution in [3.63, 3.8) is 0 Å². The molecule has 20 heavy (non-hydrogen) atoms. The monoisotopic (exact) mass is 283 g/mol. The Bertz CT molecular complexity index is 449. The van der Waals surface area contributed by atoms with E-state index in [-0.39, 0.29) is 19.1 Å². The van der Waals surface area contributed by atoms with Gasteiger partial charge in [-0.25, -0.2) is 4.39 Å². The lowest BCUT2D eigenvalue weighted by Crippen LogP contribution is -2.32. The number of carbonyl (C=O) groups excluding carboxylic acids is 1. The molecule has 0 fully saturated rings. The maximum absolute atomic E-state index is 13.4. The molecule has 4 nitrogen and oxygen atoms in total. The molecule has 0 aliphatic heterocycles. The van der Waals surface area contributed by atoms with Gasteiger partial charge in [0.1, 0.15) is 5.82 Å². The Morgan fingerprint density at radius 1 is 1.45 bits per heavy atom. The second kappa shape index (κ2) is 7.97. The highest BCUT2D eigenvalue weighted by atomic mass is 19.1. The molecular weight excluding hydrogens is 261 g/mol. The minimum atomic E-state index is -0.571. The van der Waals surface area contributed by atoms with E-state index in [0.717, 1.165) is 0 Å². The van der Waals surface area contributed by atoms with Gasteiger partial charge in [-0.05, 0) is 30.5 Å². The van der Waals surface area contributed by atoms with E-state index in [1.54, 1.807) is 0 Å². The molecule has 1 amide bonds. The summed E-state index contributed by atoms with van der Waals surface area (Å²) in [5, 5.41) is 12.3. The summed E-state index contributed by atoms with van der Waals surface area (Å²) in [6, 6.07) is 4.12. The molecule has 0 aliphatic carbocycles. The largest absolute Gasteiger partial charge is 0.391 e. The molecule has 0 radical (unpaired) electrons. The van der Waals surface area contributed by atoms with Crippen LogP contribution in [0.3, 0.4) is 0 Å². The van der Waals surface area contributed by atoms with Crippen LogP contribution in [0.1, 0.15) is 36.2 Å². The second-order valence-corrected chi connectivity index (χ2v) is 5.23. The van der Waals surface area contributed by atoms with Crippen molar-refractivity contribution in [1.29, 1.82) is 0 Å². The van der Waals surface area contributed by atoms with E-state index in [1.165, 1.54) is 25.3 Å². The zero-order valence-corrected chi connectivity index (χ0v) is 12.1. The fraction of sp³-hybridized carbons (Fsp3) is 0.533. The van der Waals surface area contributed by atoms with Crippen molar-refractivity contribution in [3.8, 4) is 0 Å². The van der Waals surface area contributed by atoms with Crippen molar-refractivity contribution in [2.45, 2.75) is 33.0 Å². The van der Waals surface area contributed by atoms with Gasteiger partial charge >= 0.3 is 0 Å². The van der Waals surface area contributed by atoms with Crippen molar-refractivity contribution in [3.05, 3.63) is 35.1 Å². The number of carbonyl (C=O) groups is 1. The van der Waals surface area contributed by atoms with Gasteiger partial charge in [0.05, 0.1) is 12.7 Å². The summed E-state index contributed by atoms with van der Waals surface area (Å²) in [4.78, 5) is 11.9. The minimum Gasteiger partial charge on any atom is -0.391 e. The first-order chi connectivity index (χ1) is 9.43. The summed E-state index contributed by atoms with van der Waals surface area (Å²) in [6.45, 7) is 4.31. The predicted molar refractivity (Wildman–Crippen MR) is 74.9 cm³/mol. The number of amides is 1. The summed E-state index contributed by atoms with van der Waals surface area (Å²) < 4.78 is 18.3. The van der Waals surface area contributed by atoms with E-state index >= 15 is 0 Å². The number of aliphatic hydroxyl groups excluding tert-OH is 1. The Balaban J connectivity index is 2.61. The molecule has 1 atom stereocenters. The van der Waals surface area contributed by atoms with Gasteiger partial charge in [-0.1, -0.05) is 13.8 Å². The molecule has 0 saturated carbocycles. The van der Waals surface area contributed by atoms with E-state index in [1.807, 2.05) is 13.8 Å². The van der Waals surface area contributed by atoms with Gasteiger partial charge in [0.25, 0.3) is 5.91 Å². The zero-order valence-electron chi connectivity index (χ0n) is 12.1. The Labute approximate surface area is 119 Å². The van der Waals surface area contributed by atoms with Gasteiger partial charge in [-0.3, -0.25) is 4.79 Å². The lowest BCUT2D eigenvalue weighted by atomic mass is 10.1. The number of ether oxygens (including phenoxy) is 1. The first-order valence-electron chi connectivity index (χ1n) is 6.67. The summed E-state index contributed by atoms with van der Waals surface area (Å²) >= 11 is 0. The molecule has 0 saturated heterocycles. The van der Waals surface area contributed by atoms with E-state index in [4.69, 9.17) is 4.74 Å². The van der Waals surface area contributed by atoms with Gasteiger partial charge in [0, 0.05) is 24.8 Å². The Hall–Kier alpha value is -1.46. The van der Waals surface area contributed by atoms with E-state index in [2.05, 4.69) is 5.32 Å². The first-order valence-corrected chi connectivity index (χ1v) is 6.67. The van der Waals surface area contributed by atoms with Crippen LogP contribution in [0, 0.1) is 11.7 Å². The molecule has 5 heteroatoms. The molecule has 1 aromatic carbocycles. The van der Waals surface area contributed by atoms with Crippen LogP contribution in [0.15, 0.2) is 18.2 Å². The highest BCUT2D eigenvalue weighted by molar-refractivity contribution is 5.94. The zero-order chi connectivity index (χ0) is 15.1. The van der Waals surface area contributed by atoms with Gasteiger partial charge in [0.15, 0.2) is 0 Å². The Kier molecular flexibility index (Phi) is 6.61. The van der Waals surface area contributed by atoms with Gasteiger partial charge in [-0.15, -0.1) is 0 Å². The molecule has 0 aromatic heterocycles. The molecule has 1 aromatic rings. The SMILES string of the molecule is COCc1cc(C(=O)NCC(O)CC(C)C)ccc1F. The maximum Gasteiger partial charge on any atom is 0.251 e. The number of nitrogens with one attached hydrogen (secondary N) is 1. The Morgan fingerprint density at radius 3 is 2.75 bits per heavy atom. The van der Waals surface area contributed by atoms with E-state index < -0.39 is 11.9 Å². The molecule has 0 heterocycles. The van der Waals surface area contributed by atoms with Crippen molar-refractivity contribution in [2.75, 3.05) is 13.7 Å². The third-order valence-corrected chi connectivity index (χ3v) is 2.85. The van der Waals surface area contributed by atoms with Crippen molar-refractivity contribution in [2.24, 2.45) is 5.92 Å². The fourth-order valence-corrected chi connectivity index (χ4v) is 1.92. The van der Waals surface area contributed by atoms with Crippen LogP contribution in [-0.2, 0) is 11.3 Å². The number of halogens is 1. The third-order valence-electron chi connectivity index (χ3n) is 2.85. The summed E-state index contributed by atoms with van der Waals surface area (Å²) in [6.07, 6.45) is 0.0522. The number of methoxy groups -OCH3 is 1. The minimum absolute atomic E-state index is 0.114. The molecular formula is C15H22FNO3.